The smallest absolute Gasteiger partial charge is 0.343 e. The average Bonchev–Trinajstić information content (AvgIpc) is 2.96. The Bertz CT molecular complexity index is 1440. The second kappa shape index (κ2) is 12.3. The summed E-state index contributed by atoms with van der Waals surface area (Å²) in [5.41, 5.74) is 3.36. The second-order valence-corrected chi connectivity index (χ2v) is 7.93. The van der Waals surface area contributed by atoms with E-state index in [0.717, 1.165) is 10.8 Å². The Labute approximate surface area is 219 Å². The zero-order valence-electron chi connectivity index (χ0n) is 21.1. The van der Waals surface area contributed by atoms with Gasteiger partial charge < -0.3 is 23.7 Å². The van der Waals surface area contributed by atoms with Crippen LogP contribution >= 0.6 is 0 Å². The number of hydrazone groups is 1. The van der Waals surface area contributed by atoms with E-state index in [9.17, 15) is 9.59 Å². The van der Waals surface area contributed by atoms with Crippen LogP contribution in [0, 0.1) is 0 Å². The van der Waals surface area contributed by atoms with E-state index in [0.29, 0.717) is 34.3 Å². The number of methoxy groups -OCH3 is 3. The fourth-order valence-electron chi connectivity index (χ4n) is 3.66. The van der Waals surface area contributed by atoms with Gasteiger partial charge >= 0.3 is 5.97 Å². The lowest BCUT2D eigenvalue weighted by Gasteiger charge is -2.13. The lowest BCUT2D eigenvalue weighted by molar-refractivity contribution is -0.123. The molecule has 1 N–H and O–H groups in total. The molecule has 0 aliphatic rings. The molecule has 0 aromatic heterocycles. The largest absolute Gasteiger partial charge is 0.493 e. The van der Waals surface area contributed by atoms with Crippen LogP contribution in [0.15, 0.2) is 84.0 Å². The van der Waals surface area contributed by atoms with Crippen LogP contribution in [0.1, 0.15) is 15.9 Å². The maximum atomic E-state index is 12.7. The minimum Gasteiger partial charge on any atom is -0.493 e. The van der Waals surface area contributed by atoms with E-state index >= 15 is 0 Å². The van der Waals surface area contributed by atoms with Gasteiger partial charge in [-0.1, -0.05) is 36.4 Å². The van der Waals surface area contributed by atoms with Gasteiger partial charge in [-0.15, -0.1) is 0 Å². The molecule has 194 valence electrons. The predicted octanol–water partition coefficient (Wildman–Crippen LogP) is 4.61. The van der Waals surface area contributed by atoms with E-state index in [4.69, 9.17) is 23.7 Å². The number of carbonyl (C=O) groups excluding carboxylic acids is 2. The van der Waals surface area contributed by atoms with Crippen LogP contribution in [-0.4, -0.2) is 46.0 Å². The third-order valence-corrected chi connectivity index (χ3v) is 5.50. The molecule has 4 aromatic rings. The van der Waals surface area contributed by atoms with E-state index in [1.54, 1.807) is 24.3 Å². The number of amides is 1. The van der Waals surface area contributed by atoms with Crippen molar-refractivity contribution in [3.63, 3.8) is 0 Å². The molecule has 4 rings (SSSR count). The molecule has 0 bridgehead atoms. The van der Waals surface area contributed by atoms with Crippen LogP contribution < -0.4 is 29.1 Å². The summed E-state index contributed by atoms with van der Waals surface area (Å²) in [5, 5.41) is 5.91. The van der Waals surface area contributed by atoms with Gasteiger partial charge in [-0.25, -0.2) is 10.2 Å². The number of rotatable bonds is 10. The molecule has 0 aliphatic heterocycles. The van der Waals surface area contributed by atoms with E-state index in [1.807, 2.05) is 42.5 Å². The van der Waals surface area contributed by atoms with Gasteiger partial charge in [0.1, 0.15) is 11.5 Å². The van der Waals surface area contributed by atoms with Gasteiger partial charge in [-0.05, 0) is 53.4 Å². The minimum absolute atomic E-state index is 0.179. The van der Waals surface area contributed by atoms with Gasteiger partial charge in [0.2, 0.25) is 5.75 Å². The first-order valence-electron chi connectivity index (χ1n) is 11.6. The normalized spacial score (nSPS) is 10.7. The Kier molecular flexibility index (Phi) is 8.40. The van der Waals surface area contributed by atoms with Crippen molar-refractivity contribution in [3.05, 3.63) is 90.0 Å². The van der Waals surface area contributed by atoms with Gasteiger partial charge in [0.05, 0.1) is 33.1 Å². The first-order chi connectivity index (χ1) is 18.5. The molecule has 0 radical (unpaired) electrons. The molecule has 0 fully saturated rings. The summed E-state index contributed by atoms with van der Waals surface area (Å²) in [6.45, 7) is -0.179. The molecule has 1 amide bonds. The molecule has 38 heavy (non-hydrogen) atoms. The van der Waals surface area contributed by atoms with Crippen LogP contribution in [0.5, 0.6) is 28.7 Å². The van der Waals surface area contributed by atoms with Crippen LogP contribution in [0.3, 0.4) is 0 Å². The summed E-state index contributed by atoms with van der Waals surface area (Å²) in [4.78, 5) is 24.8. The molecule has 0 atom stereocenters. The molecule has 0 unspecified atom stereocenters. The standard InChI is InChI=1S/C29H26N2O7/c1-34-25-15-21(16-26(35-2)28(25)36-3)29(33)38-22-13-11-19(12-14-22)17-30-31-27(32)18-37-24-10-6-8-20-7-4-5-9-23(20)24/h4-17H,18H2,1-3H3,(H,31,32)/b30-17-. The molecule has 0 saturated carbocycles. The van der Waals surface area contributed by atoms with Crippen LogP contribution in [0.4, 0.5) is 0 Å². The Morgan fingerprint density at radius 3 is 2.18 bits per heavy atom. The number of esters is 1. The monoisotopic (exact) mass is 514 g/mol. The van der Waals surface area contributed by atoms with Gasteiger partial charge in [-0.3, -0.25) is 4.79 Å². The van der Waals surface area contributed by atoms with Gasteiger partial charge in [0.15, 0.2) is 18.1 Å². The highest BCUT2D eigenvalue weighted by molar-refractivity contribution is 5.93. The fraction of sp³-hybridized carbons (Fsp3) is 0.138. The summed E-state index contributed by atoms with van der Waals surface area (Å²) in [6, 6.07) is 23.1. The van der Waals surface area contributed by atoms with E-state index in [1.165, 1.54) is 39.7 Å². The van der Waals surface area contributed by atoms with Crippen molar-refractivity contribution in [3.8, 4) is 28.7 Å². The van der Waals surface area contributed by atoms with Gasteiger partial charge in [-0.2, -0.15) is 5.10 Å². The molecule has 9 nitrogen and oxygen atoms in total. The maximum Gasteiger partial charge on any atom is 0.343 e. The van der Waals surface area contributed by atoms with Crippen molar-refractivity contribution in [1.29, 1.82) is 0 Å². The summed E-state index contributed by atoms with van der Waals surface area (Å²) in [6.07, 6.45) is 1.47. The molecular formula is C29H26N2O7. The van der Waals surface area contributed by atoms with Crippen molar-refractivity contribution in [2.45, 2.75) is 0 Å². The van der Waals surface area contributed by atoms with Crippen LogP contribution in [0.25, 0.3) is 10.8 Å². The summed E-state index contributed by atoms with van der Waals surface area (Å²) >= 11 is 0. The minimum atomic E-state index is -0.593. The number of fused-ring (bicyclic) bond motifs is 1. The summed E-state index contributed by atoms with van der Waals surface area (Å²) in [5.74, 6) is 1.02. The van der Waals surface area contributed by atoms with Crippen molar-refractivity contribution in [2.24, 2.45) is 5.10 Å². The summed E-state index contributed by atoms with van der Waals surface area (Å²) < 4.78 is 26.9. The number of nitrogens with zero attached hydrogens (tertiary/aromatic N) is 1. The van der Waals surface area contributed by atoms with Crippen LogP contribution in [0.2, 0.25) is 0 Å². The van der Waals surface area contributed by atoms with Gasteiger partial charge in [0.25, 0.3) is 5.91 Å². The zero-order chi connectivity index (χ0) is 26.9. The lowest BCUT2D eigenvalue weighted by atomic mass is 10.1. The number of nitrogens with one attached hydrogen (secondary N) is 1. The molecule has 0 spiro atoms. The Morgan fingerprint density at radius 1 is 0.816 bits per heavy atom. The van der Waals surface area contributed by atoms with Crippen molar-refractivity contribution >= 4 is 28.9 Å². The number of hydrogen-bond acceptors (Lipinski definition) is 8. The number of ether oxygens (including phenoxy) is 5. The topological polar surface area (TPSA) is 105 Å². The highest BCUT2D eigenvalue weighted by Gasteiger charge is 2.18. The van der Waals surface area contributed by atoms with Crippen molar-refractivity contribution in [1.82, 2.24) is 5.43 Å². The molecule has 4 aromatic carbocycles. The van der Waals surface area contributed by atoms with E-state index in [-0.39, 0.29) is 12.2 Å². The average molecular weight is 515 g/mol. The maximum absolute atomic E-state index is 12.7. The molecule has 9 heteroatoms. The third-order valence-electron chi connectivity index (χ3n) is 5.50. The number of carbonyl (C=O) groups is 2. The second-order valence-electron chi connectivity index (χ2n) is 7.93. The van der Waals surface area contributed by atoms with E-state index in [2.05, 4.69) is 10.5 Å². The van der Waals surface area contributed by atoms with E-state index < -0.39 is 11.9 Å². The van der Waals surface area contributed by atoms with Crippen LogP contribution in [-0.2, 0) is 4.79 Å². The zero-order valence-corrected chi connectivity index (χ0v) is 21.1. The SMILES string of the molecule is COc1cc(C(=O)Oc2ccc(/C=N\NC(=O)COc3cccc4ccccc34)cc2)cc(OC)c1OC. The quantitative estimate of drug-likeness (QED) is 0.143. The molecule has 0 heterocycles. The third kappa shape index (κ3) is 6.19. The summed E-state index contributed by atoms with van der Waals surface area (Å²) in [7, 11) is 4.41. The van der Waals surface area contributed by atoms with Gasteiger partial charge in [0, 0.05) is 5.39 Å². The first kappa shape index (κ1) is 26.0. The van der Waals surface area contributed by atoms with Crippen molar-refractivity contribution in [2.75, 3.05) is 27.9 Å². The lowest BCUT2D eigenvalue weighted by Crippen LogP contribution is -2.24. The Balaban J connectivity index is 1.31. The molecule has 0 saturated heterocycles. The fourth-order valence-corrected chi connectivity index (χ4v) is 3.66. The highest BCUT2D eigenvalue weighted by atomic mass is 16.5. The Morgan fingerprint density at radius 2 is 1.50 bits per heavy atom. The number of hydrogen-bond donors (Lipinski definition) is 1. The molecule has 0 aliphatic carbocycles. The van der Waals surface area contributed by atoms with Crippen molar-refractivity contribution < 1.29 is 33.3 Å². The highest BCUT2D eigenvalue weighted by Crippen LogP contribution is 2.38. The predicted molar refractivity (Wildman–Crippen MR) is 143 cm³/mol. The first-order valence-corrected chi connectivity index (χ1v) is 11.6. The Hall–Kier alpha value is -5.05. The molecular weight excluding hydrogens is 488 g/mol. The number of benzene rings is 4.